The Balaban J connectivity index is 1.46. The molecule has 1 aliphatic heterocycles. The first-order chi connectivity index (χ1) is 13.8. The molecule has 0 spiro atoms. The van der Waals surface area contributed by atoms with Crippen LogP contribution in [-0.2, 0) is 24.2 Å². The Hall–Kier alpha value is -3.47. The maximum Gasteiger partial charge on any atom is 0.227 e. The number of aromatic nitrogens is 3. The third-order valence-electron chi connectivity index (χ3n) is 5.44. The van der Waals surface area contributed by atoms with Crippen LogP contribution in [0.2, 0.25) is 0 Å². The van der Waals surface area contributed by atoms with Gasteiger partial charge in [0.1, 0.15) is 0 Å². The molecule has 5 heteroatoms. The van der Waals surface area contributed by atoms with Gasteiger partial charge in [0.2, 0.25) is 5.91 Å². The minimum atomic E-state index is 0.141. The molecule has 5 rings (SSSR count). The number of hydrogen-bond acceptors (Lipinski definition) is 3. The lowest BCUT2D eigenvalue weighted by Gasteiger charge is -2.27. The highest BCUT2D eigenvalue weighted by Crippen LogP contribution is 2.33. The van der Waals surface area contributed by atoms with E-state index in [0.29, 0.717) is 19.5 Å². The van der Waals surface area contributed by atoms with Crippen molar-refractivity contribution in [1.82, 2.24) is 20.1 Å². The van der Waals surface area contributed by atoms with Crippen molar-refractivity contribution in [2.45, 2.75) is 19.4 Å². The highest BCUT2D eigenvalue weighted by atomic mass is 16.2. The van der Waals surface area contributed by atoms with Gasteiger partial charge in [0.25, 0.3) is 0 Å². The number of pyridine rings is 1. The zero-order chi connectivity index (χ0) is 18.9. The number of amides is 1. The van der Waals surface area contributed by atoms with Gasteiger partial charge in [0.15, 0.2) is 0 Å². The van der Waals surface area contributed by atoms with E-state index < -0.39 is 0 Å². The lowest BCUT2D eigenvalue weighted by molar-refractivity contribution is -0.131. The molecule has 5 nitrogen and oxygen atoms in total. The number of rotatable bonds is 3. The molecule has 138 valence electrons. The van der Waals surface area contributed by atoms with E-state index in [2.05, 4.69) is 51.6 Å². The van der Waals surface area contributed by atoms with Crippen molar-refractivity contribution in [3.05, 3.63) is 83.8 Å². The van der Waals surface area contributed by atoms with E-state index in [0.717, 1.165) is 34.5 Å². The molecule has 0 radical (unpaired) electrons. The van der Waals surface area contributed by atoms with E-state index >= 15 is 0 Å². The number of carbonyl (C=O) groups excluding carboxylic acids is 1. The van der Waals surface area contributed by atoms with Gasteiger partial charge < -0.3 is 4.90 Å². The highest BCUT2D eigenvalue weighted by Gasteiger charge is 2.26. The van der Waals surface area contributed by atoms with Crippen LogP contribution in [0.15, 0.2) is 67.0 Å². The van der Waals surface area contributed by atoms with E-state index in [4.69, 9.17) is 0 Å². The zero-order valence-electron chi connectivity index (χ0n) is 15.4. The van der Waals surface area contributed by atoms with Crippen molar-refractivity contribution in [3.63, 3.8) is 0 Å². The summed E-state index contributed by atoms with van der Waals surface area (Å²) in [7, 11) is 0. The van der Waals surface area contributed by atoms with Crippen molar-refractivity contribution in [2.24, 2.45) is 0 Å². The molecule has 28 heavy (non-hydrogen) atoms. The molecule has 0 bridgehead atoms. The van der Waals surface area contributed by atoms with Gasteiger partial charge in [-0.3, -0.25) is 14.9 Å². The van der Waals surface area contributed by atoms with Gasteiger partial charge in [-0.25, -0.2) is 0 Å². The van der Waals surface area contributed by atoms with Crippen molar-refractivity contribution < 1.29 is 4.79 Å². The molecule has 1 amide bonds. The van der Waals surface area contributed by atoms with Crippen molar-refractivity contribution in [2.75, 3.05) is 6.54 Å². The molecule has 0 fully saturated rings. The molecule has 0 saturated carbocycles. The summed E-state index contributed by atoms with van der Waals surface area (Å²) in [6.45, 7) is 1.31. The normalized spacial score (nSPS) is 13.5. The predicted octanol–water partition coefficient (Wildman–Crippen LogP) is 3.75. The van der Waals surface area contributed by atoms with Crippen LogP contribution in [0.1, 0.15) is 16.8 Å². The van der Waals surface area contributed by atoms with Crippen LogP contribution in [0.4, 0.5) is 0 Å². The van der Waals surface area contributed by atoms with Gasteiger partial charge in [0.05, 0.1) is 12.1 Å². The molecular weight excluding hydrogens is 348 g/mol. The summed E-state index contributed by atoms with van der Waals surface area (Å²) in [5, 5.41) is 10.2. The molecule has 1 aliphatic rings. The lowest BCUT2D eigenvalue weighted by atomic mass is 9.96. The summed E-state index contributed by atoms with van der Waals surface area (Å²) in [4.78, 5) is 18.8. The monoisotopic (exact) mass is 368 g/mol. The van der Waals surface area contributed by atoms with Crippen LogP contribution in [0.5, 0.6) is 0 Å². The number of nitrogens with one attached hydrogen (secondary N) is 1. The summed E-state index contributed by atoms with van der Waals surface area (Å²) in [5.41, 5.74) is 5.32. The van der Waals surface area contributed by atoms with Crippen LogP contribution in [0.3, 0.4) is 0 Å². The van der Waals surface area contributed by atoms with E-state index in [-0.39, 0.29) is 5.91 Å². The highest BCUT2D eigenvalue weighted by molar-refractivity contribution is 5.96. The van der Waals surface area contributed by atoms with Gasteiger partial charge in [-0.1, -0.05) is 42.5 Å². The predicted molar refractivity (Wildman–Crippen MR) is 109 cm³/mol. The number of carbonyl (C=O) groups is 1. The Morgan fingerprint density at radius 1 is 1.04 bits per heavy atom. The maximum atomic E-state index is 12.8. The van der Waals surface area contributed by atoms with Crippen molar-refractivity contribution in [1.29, 1.82) is 0 Å². The molecule has 4 aromatic rings. The third kappa shape index (κ3) is 2.95. The lowest BCUT2D eigenvalue weighted by Crippen LogP contribution is -2.36. The molecule has 3 heterocycles. The van der Waals surface area contributed by atoms with Gasteiger partial charge in [-0.05, 0) is 28.5 Å². The molecule has 0 saturated heterocycles. The molecule has 2 aromatic carbocycles. The van der Waals surface area contributed by atoms with Crippen LogP contribution in [-0.4, -0.2) is 32.5 Å². The molecule has 1 N–H and O–H groups in total. The first-order valence-electron chi connectivity index (χ1n) is 9.50. The summed E-state index contributed by atoms with van der Waals surface area (Å²) < 4.78 is 0. The van der Waals surface area contributed by atoms with Crippen LogP contribution in [0, 0.1) is 0 Å². The molecule has 0 atom stereocenters. The number of benzene rings is 2. The number of H-pyrrole nitrogens is 1. The number of hydrogen-bond donors (Lipinski definition) is 1. The average Bonchev–Trinajstić information content (AvgIpc) is 3.17. The van der Waals surface area contributed by atoms with E-state index in [1.807, 2.05) is 23.1 Å². The first kappa shape index (κ1) is 16.7. The Morgan fingerprint density at radius 3 is 2.75 bits per heavy atom. The van der Waals surface area contributed by atoms with E-state index in [1.54, 1.807) is 12.4 Å². The molecule has 0 unspecified atom stereocenters. The molecule has 0 aliphatic carbocycles. The van der Waals surface area contributed by atoms with Crippen LogP contribution in [0.25, 0.3) is 22.0 Å². The van der Waals surface area contributed by atoms with Crippen molar-refractivity contribution >= 4 is 16.7 Å². The molecular formula is C23H20N4O. The van der Waals surface area contributed by atoms with Crippen molar-refractivity contribution in [3.8, 4) is 11.3 Å². The average molecular weight is 368 g/mol. The minimum absolute atomic E-state index is 0.141. The minimum Gasteiger partial charge on any atom is -0.338 e. The fourth-order valence-corrected chi connectivity index (χ4v) is 3.95. The quantitative estimate of drug-likeness (QED) is 0.599. The Kier molecular flexibility index (Phi) is 4.13. The topological polar surface area (TPSA) is 61.9 Å². The van der Waals surface area contributed by atoms with Crippen LogP contribution < -0.4 is 0 Å². The summed E-state index contributed by atoms with van der Waals surface area (Å²) in [5.74, 6) is 0.141. The van der Waals surface area contributed by atoms with Gasteiger partial charge in [-0.2, -0.15) is 5.10 Å². The number of nitrogens with zero attached hydrogens (tertiary/aromatic N) is 3. The smallest absolute Gasteiger partial charge is 0.227 e. The Bertz CT molecular complexity index is 1140. The SMILES string of the molecule is O=C(Cc1ccncc1)N1CCc2[nH]nc(-c3cccc4ccccc34)c2C1. The fraction of sp³-hybridized carbons (Fsp3) is 0.174. The second kappa shape index (κ2) is 6.93. The van der Waals surface area contributed by atoms with Gasteiger partial charge >= 0.3 is 0 Å². The van der Waals surface area contributed by atoms with Gasteiger partial charge in [0, 0.05) is 48.7 Å². The van der Waals surface area contributed by atoms with E-state index in [9.17, 15) is 4.79 Å². The third-order valence-corrected chi connectivity index (χ3v) is 5.44. The second-order valence-electron chi connectivity index (χ2n) is 7.15. The van der Waals surface area contributed by atoms with Gasteiger partial charge in [-0.15, -0.1) is 0 Å². The molecule has 2 aromatic heterocycles. The summed E-state index contributed by atoms with van der Waals surface area (Å²) >= 11 is 0. The Labute approximate surface area is 163 Å². The number of fused-ring (bicyclic) bond motifs is 2. The largest absolute Gasteiger partial charge is 0.338 e. The Morgan fingerprint density at radius 2 is 1.86 bits per heavy atom. The van der Waals surface area contributed by atoms with E-state index in [1.165, 1.54) is 10.8 Å². The first-order valence-corrected chi connectivity index (χ1v) is 9.50. The number of aromatic amines is 1. The standard InChI is InChI=1S/C23H20N4O/c28-22(14-16-8-11-24-12-9-16)27-13-10-21-20(15-27)23(26-25-21)19-7-3-5-17-4-1-2-6-18(17)19/h1-9,11-12H,10,13-15H2,(H,25,26). The maximum absolute atomic E-state index is 12.8. The summed E-state index contributed by atoms with van der Waals surface area (Å²) in [6.07, 6.45) is 4.66. The summed E-state index contributed by atoms with van der Waals surface area (Å²) in [6, 6.07) is 18.4. The zero-order valence-corrected chi connectivity index (χ0v) is 15.4. The second-order valence-corrected chi connectivity index (χ2v) is 7.15. The fourth-order valence-electron chi connectivity index (χ4n) is 3.95. The van der Waals surface area contributed by atoms with Crippen LogP contribution >= 0.6 is 0 Å².